The molecule has 0 spiro atoms. The van der Waals surface area contributed by atoms with Crippen molar-refractivity contribution in [2.45, 2.75) is 108 Å². The van der Waals surface area contributed by atoms with Crippen LogP contribution in [0.25, 0.3) is 0 Å². The number of ether oxygens (including phenoxy) is 6. The summed E-state index contributed by atoms with van der Waals surface area (Å²) in [6.07, 6.45) is -8.30. The van der Waals surface area contributed by atoms with Gasteiger partial charge in [0.25, 0.3) is 0 Å². The van der Waals surface area contributed by atoms with Crippen LogP contribution in [0.2, 0.25) is 0 Å². The molecule has 3 heterocycles. The fourth-order valence-electron chi connectivity index (χ4n) is 4.34. The molecule has 34 heavy (non-hydrogen) atoms. The van der Waals surface area contributed by atoms with Crippen molar-refractivity contribution in [3.05, 3.63) is 0 Å². The predicted molar refractivity (Wildman–Crippen MR) is 115 cm³/mol. The van der Waals surface area contributed by atoms with E-state index in [2.05, 4.69) is 19.2 Å². The minimum atomic E-state index is -1.45. The van der Waals surface area contributed by atoms with Gasteiger partial charge < -0.3 is 54.2 Å². The molecule has 5 N–H and O–H groups in total. The van der Waals surface area contributed by atoms with Gasteiger partial charge in [-0.15, -0.1) is 0 Å². The average molecular weight is 494 g/mol. The first-order valence-electron chi connectivity index (χ1n) is 11.8. The number of aliphatic hydroxyl groups excluding tert-OH is 4. The summed E-state index contributed by atoms with van der Waals surface area (Å²) in [6.45, 7) is 8.52. The van der Waals surface area contributed by atoms with Crippen LogP contribution >= 0.6 is 0 Å². The summed E-state index contributed by atoms with van der Waals surface area (Å²) >= 11 is 0. The number of nitrogens with one attached hydrogen (secondary N) is 1. The number of hydrogen-bond acceptors (Lipinski definition) is 11. The summed E-state index contributed by atoms with van der Waals surface area (Å²) in [4.78, 5) is 11.6. The first-order valence-corrected chi connectivity index (χ1v) is 11.8. The van der Waals surface area contributed by atoms with Crippen molar-refractivity contribution < 1.29 is 53.6 Å². The Hall–Kier alpha value is -0.930. The lowest BCUT2D eigenvalue weighted by atomic mass is 9.97. The van der Waals surface area contributed by atoms with E-state index in [1.807, 2.05) is 0 Å². The lowest BCUT2D eigenvalue weighted by Gasteiger charge is -2.42. The monoisotopic (exact) mass is 493 g/mol. The fourth-order valence-corrected chi connectivity index (χ4v) is 4.34. The Morgan fingerprint density at radius 2 is 1.82 bits per heavy atom. The molecule has 198 valence electrons. The highest BCUT2D eigenvalue weighted by Gasteiger charge is 2.57. The lowest BCUT2D eigenvalue weighted by molar-refractivity contribution is -0.281. The molecule has 0 aliphatic carbocycles. The molecule has 1 amide bonds. The van der Waals surface area contributed by atoms with Crippen molar-refractivity contribution in [1.29, 1.82) is 0 Å². The second-order valence-electron chi connectivity index (χ2n) is 9.92. The third-order valence-electron chi connectivity index (χ3n) is 6.09. The van der Waals surface area contributed by atoms with Gasteiger partial charge in [0, 0.05) is 13.5 Å². The van der Waals surface area contributed by atoms with Gasteiger partial charge in [-0.25, -0.2) is 0 Å². The van der Waals surface area contributed by atoms with Crippen LogP contribution in [-0.2, 0) is 33.2 Å². The number of hydrogen-bond donors (Lipinski definition) is 5. The van der Waals surface area contributed by atoms with Gasteiger partial charge in [0.2, 0.25) is 5.91 Å². The Morgan fingerprint density at radius 3 is 2.44 bits per heavy atom. The van der Waals surface area contributed by atoms with Crippen molar-refractivity contribution in [2.75, 3.05) is 19.8 Å². The van der Waals surface area contributed by atoms with Crippen molar-refractivity contribution in [3.8, 4) is 0 Å². The van der Waals surface area contributed by atoms with Crippen LogP contribution in [0.15, 0.2) is 0 Å². The predicted octanol–water partition coefficient (Wildman–Crippen LogP) is -1.38. The van der Waals surface area contributed by atoms with E-state index in [9.17, 15) is 25.2 Å². The van der Waals surface area contributed by atoms with Gasteiger partial charge in [-0.3, -0.25) is 4.79 Å². The van der Waals surface area contributed by atoms with Gasteiger partial charge in [-0.2, -0.15) is 0 Å². The fraction of sp³-hybridized carbons (Fsp3) is 0.955. The molecule has 10 atom stereocenters. The maximum Gasteiger partial charge on any atom is 0.217 e. The summed E-state index contributed by atoms with van der Waals surface area (Å²) < 4.78 is 34.9. The second kappa shape index (κ2) is 11.4. The molecule has 0 radical (unpaired) electrons. The van der Waals surface area contributed by atoms with Gasteiger partial charge >= 0.3 is 0 Å². The Labute approximate surface area is 199 Å². The quantitative estimate of drug-likeness (QED) is 0.243. The third-order valence-corrected chi connectivity index (χ3v) is 6.09. The second-order valence-corrected chi connectivity index (χ2v) is 9.92. The summed E-state index contributed by atoms with van der Waals surface area (Å²) in [5, 5.41) is 43.4. The van der Waals surface area contributed by atoms with Crippen LogP contribution in [0, 0.1) is 5.92 Å². The number of rotatable bonds is 10. The Balaban J connectivity index is 1.66. The SMILES string of the molecule is CC(=O)NC1C(OCC(O)C2OC3OC(C)(C)OC3C2OCCC(C)C)OC(CO)C(O)C1O. The maximum atomic E-state index is 11.6. The molecule has 10 unspecified atom stereocenters. The highest BCUT2D eigenvalue weighted by molar-refractivity contribution is 5.73. The van der Waals surface area contributed by atoms with E-state index in [4.69, 9.17) is 28.4 Å². The zero-order chi connectivity index (χ0) is 25.2. The van der Waals surface area contributed by atoms with E-state index in [0.29, 0.717) is 12.5 Å². The standard InChI is InChI=1S/C22H39NO11/c1-10(2)6-7-29-18-17(32-21-19(18)33-22(4,5)34-21)12(26)9-30-20-14(23-11(3)25)16(28)15(27)13(8-24)31-20/h10,12-21,24,26-28H,6-9H2,1-5H3,(H,23,25). The molecular weight excluding hydrogens is 454 g/mol. The van der Waals surface area contributed by atoms with Crippen molar-refractivity contribution >= 4 is 5.91 Å². The molecule has 3 aliphatic heterocycles. The van der Waals surface area contributed by atoms with Crippen molar-refractivity contribution in [2.24, 2.45) is 5.92 Å². The van der Waals surface area contributed by atoms with Crippen LogP contribution in [-0.4, -0.2) is 113 Å². The van der Waals surface area contributed by atoms with Crippen molar-refractivity contribution in [3.63, 3.8) is 0 Å². The van der Waals surface area contributed by atoms with E-state index in [0.717, 1.165) is 6.42 Å². The number of carbonyl (C=O) groups excluding carboxylic acids is 1. The maximum absolute atomic E-state index is 11.6. The zero-order valence-corrected chi connectivity index (χ0v) is 20.3. The molecule has 0 saturated carbocycles. The normalized spacial score (nSPS) is 40.4. The molecule has 12 heteroatoms. The van der Waals surface area contributed by atoms with Gasteiger partial charge in [0.15, 0.2) is 18.4 Å². The Bertz CT molecular complexity index is 677. The summed E-state index contributed by atoms with van der Waals surface area (Å²) in [5.41, 5.74) is 0. The highest BCUT2D eigenvalue weighted by atomic mass is 16.8. The number of amides is 1. The molecule has 0 bridgehead atoms. The molecule has 0 aromatic carbocycles. The molecule has 3 saturated heterocycles. The number of carbonyl (C=O) groups is 1. The van der Waals surface area contributed by atoms with Gasteiger partial charge in [-0.05, 0) is 26.2 Å². The van der Waals surface area contributed by atoms with Crippen LogP contribution < -0.4 is 5.32 Å². The highest BCUT2D eigenvalue weighted by Crippen LogP contribution is 2.40. The van der Waals surface area contributed by atoms with Crippen molar-refractivity contribution in [1.82, 2.24) is 5.32 Å². The molecule has 3 aliphatic rings. The molecule has 0 aromatic rings. The van der Waals surface area contributed by atoms with E-state index in [-0.39, 0.29) is 6.61 Å². The smallest absolute Gasteiger partial charge is 0.217 e. The summed E-state index contributed by atoms with van der Waals surface area (Å²) in [7, 11) is 0. The third kappa shape index (κ3) is 6.44. The molecule has 3 fully saturated rings. The molecule has 3 rings (SSSR count). The van der Waals surface area contributed by atoms with Gasteiger partial charge in [0.05, 0.1) is 13.2 Å². The first-order chi connectivity index (χ1) is 15.9. The van der Waals surface area contributed by atoms with E-state index >= 15 is 0 Å². The minimum absolute atomic E-state index is 0.306. The summed E-state index contributed by atoms with van der Waals surface area (Å²) in [6, 6.07) is -1.11. The lowest BCUT2D eigenvalue weighted by Crippen LogP contribution is -2.64. The topological polar surface area (TPSA) is 165 Å². The van der Waals surface area contributed by atoms with Crippen LogP contribution in [0.3, 0.4) is 0 Å². The van der Waals surface area contributed by atoms with Gasteiger partial charge in [-0.1, -0.05) is 13.8 Å². The Morgan fingerprint density at radius 1 is 1.12 bits per heavy atom. The van der Waals surface area contributed by atoms with E-state index in [1.165, 1.54) is 6.92 Å². The van der Waals surface area contributed by atoms with E-state index in [1.54, 1.807) is 13.8 Å². The molecular formula is C22H39NO11. The molecule has 12 nitrogen and oxygen atoms in total. The van der Waals surface area contributed by atoms with Gasteiger partial charge in [0.1, 0.15) is 48.8 Å². The zero-order valence-electron chi connectivity index (χ0n) is 20.3. The largest absolute Gasteiger partial charge is 0.394 e. The van der Waals surface area contributed by atoms with Crippen LogP contribution in [0.4, 0.5) is 0 Å². The van der Waals surface area contributed by atoms with E-state index < -0.39 is 79.7 Å². The summed E-state index contributed by atoms with van der Waals surface area (Å²) in [5.74, 6) is -0.893. The van der Waals surface area contributed by atoms with Crippen LogP contribution in [0.5, 0.6) is 0 Å². The average Bonchev–Trinajstić information content (AvgIpc) is 3.22. The van der Waals surface area contributed by atoms with Crippen LogP contribution in [0.1, 0.15) is 41.0 Å². The number of aliphatic hydroxyl groups is 4. The molecule has 0 aromatic heterocycles. The minimum Gasteiger partial charge on any atom is -0.394 e. The Kier molecular flexibility index (Phi) is 9.29. The number of fused-ring (bicyclic) bond motifs is 1. The first kappa shape index (κ1) is 27.7.